The van der Waals surface area contributed by atoms with Gasteiger partial charge in [0, 0.05) is 11.7 Å². The highest BCUT2D eigenvalue weighted by Crippen LogP contribution is 2.23. The van der Waals surface area contributed by atoms with E-state index >= 15 is 0 Å². The molecule has 0 saturated carbocycles. The molecule has 0 amide bonds. The highest BCUT2D eigenvalue weighted by Gasteiger charge is 2.10. The van der Waals surface area contributed by atoms with Gasteiger partial charge in [-0.3, -0.25) is 0 Å². The Morgan fingerprint density at radius 2 is 1.86 bits per heavy atom. The van der Waals surface area contributed by atoms with Crippen molar-refractivity contribution < 1.29 is 13.2 Å². The summed E-state index contributed by atoms with van der Waals surface area (Å²) in [6.45, 7) is 1.98. The molecule has 0 aromatic heterocycles. The Hall–Kier alpha value is -2.05. The van der Waals surface area contributed by atoms with Crippen LogP contribution in [-0.2, 0) is 10.0 Å². The Morgan fingerprint density at radius 1 is 1.14 bits per heavy atom. The summed E-state index contributed by atoms with van der Waals surface area (Å²) in [5, 5.41) is 8.38. The maximum atomic E-state index is 11.4. The predicted molar refractivity (Wildman–Crippen MR) is 82.8 cm³/mol. The van der Waals surface area contributed by atoms with Crippen LogP contribution in [0.4, 0.5) is 5.69 Å². The van der Waals surface area contributed by atoms with Crippen molar-refractivity contribution in [1.82, 2.24) is 0 Å². The Bertz CT molecular complexity index is 729. The molecular weight excluding hydrogens is 288 g/mol. The standard InChI is InChI=1S/C15H18N2O3S/c1-11(12-5-3-7-14(9-12)20-2)17-13-6-4-8-15(10-13)21(16,18)19/h3-11,17H,1-2H3,(H2,16,18,19). The van der Waals surface area contributed by atoms with Crippen molar-refractivity contribution in [2.45, 2.75) is 17.9 Å². The first kappa shape index (κ1) is 15.3. The highest BCUT2D eigenvalue weighted by atomic mass is 32.2. The molecule has 1 atom stereocenters. The fourth-order valence-electron chi connectivity index (χ4n) is 2.01. The summed E-state index contributed by atoms with van der Waals surface area (Å²) >= 11 is 0. The van der Waals surface area contributed by atoms with Crippen molar-refractivity contribution in [2.75, 3.05) is 12.4 Å². The molecule has 1 unspecified atom stereocenters. The Balaban J connectivity index is 2.21. The topological polar surface area (TPSA) is 81.4 Å². The lowest BCUT2D eigenvalue weighted by atomic mass is 10.1. The number of benzene rings is 2. The van der Waals surface area contributed by atoms with E-state index in [0.717, 1.165) is 11.3 Å². The zero-order valence-corrected chi connectivity index (χ0v) is 12.7. The summed E-state index contributed by atoms with van der Waals surface area (Å²) in [5.41, 5.74) is 1.73. The smallest absolute Gasteiger partial charge is 0.238 e. The molecule has 3 N–H and O–H groups in total. The van der Waals surface area contributed by atoms with Crippen molar-refractivity contribution in [3.63, 3.8) is 0 Å². The molecule has 5 nitrogen and oxygen atoms in total. The van der Waals surface area contributed by atoms with E-state index in [9.17, 15) is 8.42 Å². The van der Waals surface area contributed by atoms with E-state index in [4.69, 9.17) is 9.88 Å². The fourth-order valence-corrected chi connectivity index (χ4v) is 2.57. The average Bonchev–Trinajstić information content (AvgIpc) is 2.46. The summed E-state index contributed by atoms with van der Waals surface area (Å²) in [4.78, 5) is 0.0883. The quantitative estimate of drug-likeness (QED) is 0.889. The molecule has 2 aromatic carbocycles. The summed E-state index contributed by atoms with van der Waals surface area (Å²) in [5.74, 6) is 0.777. The number of primary sulfonamides is 1. The van der Waals surface area contributed by atoms with Crippen LogP contribution < -0.4 is 15.2 Å². The first-order valence-corrected chi connectivity index (χ1v) is 7.98. The number of rotatable bonds is 5. The molecule has 0 spiro atoms. The van der Waals surface area contributed by atoms with Crippen LogP contribution in [0.25, 0.3) is 0 Å². The SMILES string of the molecule is COc1cccc(C(C)Nc2cccc(S(N)(=O)=O)c2)c1. The second-order valence-corrected chi connectivity index (χ2v) is 6.28. The van der Waals surface area contributed by atoms with E-state index in [1.165, 1.54) is 12.1 Å². The third-order valence-electron chi connectivity index (χ3n) is 3.14. The van der Waals surface area contributed by atoms with E-state index < -0.39 is 10.0 Å². The molecule has 0 saturated heterocycles. The molecule has 0 aliphatic rings. The van der Waals surface area contributed by atoms with Crippen molar-refractivity contribution >= 4 is 15.7 Å². The zero-order valence-electron chi connectivity index (χ0n) is 11.9. The molecule has 0 aliphatic heterocycles. The lowest BCUT2D eigenvalue weighted by Crippen LogP contribution is -2.13. The van der Waals surface area contributed by atoms with Gasteiger partial charge in [-0.15, -0.1) is 0 Å². The monoisotopic (exact) mass is 306 g/mol. The van der Waals surface area contributed by atoms with Gasteiger partial charge in [0.1, 0.15) is 5.75 Å². The van der Waals surface area contributed by atoms with Crippen molar-refractivity contribution in [3.8, 4) is 5.75 Å². The lowest BCUT2D eigenvalue weighted by molar-refractivity contribution is 0.414. The van der Waals surface area contributed by atoms with Crippen LogP contribution in [0.3, 0.4) is 0 Å². The molecule has 0 fully saturated rings. The number of sulfonamides is 1. The molecule has 0 aliphatic carbocycles. The first-order chi connectivity index (χ1) is 9.90. The molecule has 0 heterocycles. The van der Waals surface area contributed by atoms with E-state index in [0.29, 0.717) is 5.69 Å². The van der Waals surface area contributed by atoms with Gasteiger partial charge in [-0.25, -0.2) is 13.6 Å². The number of hydrogen-bond acceptors (Lipinski definition) is 4. The molecule has 0 radical (unpaired) electrons. The van der Waals surface area contributed by atoms with Gasteiger partial charge in [-0.05, 0) is 42.8 Å². The van der Waals surface area contributed by atoms with Crippen LogP contribution >= 0.6 is 0 Å². The Labute approximate surface area is 124 Å². The third-order valence-corrected chi connectivity index (χ3v) is 4.05. The maximum Gasteiger partial charge on any atom is 0.238 e. The molecule has 6 heteroatoms. The minimum atomic E-state index is -3.70. The summed E-state index contributed by atoms with van der Waals surface area (Å²) < 4.78 is 27.9. The average molecular weight is 306 g/mol. The van der Waals surface area contributed by atoms with Gasteiger partial charge >= 0.3 is 0 Å². The summed E-state index contributed by atoms with van der Waals surface area (Å²) in [6, 6.07) is 14.1. The normalized spacial score (nSPS) is 12.7. The molecule has 21 heavy (non-hydrogen) atoms. The van der Waals surface area contributed by atoms with E-state index in [2.05, 4.69) is 5.32 Å². The summed E-state index contributed by atoms with van der Waals surface area (Å²) in [7, 11) is -2.08. The Kier molecular flexibility index (Phi) is 4.50. The molecule has 2 rings (SSSR count). The second-order valence-electron chi connectivity index (χ2n) is 4.72. The van der Waals surface area contributed by atoms with Crippen LogP contribution in [0.15, 0.2) is 53.4 Å². The molecule has 0 bridgehead atoms. The van der Waals surface area contributed by atoms with Crippen molar-refractivity contribution in [1.29, 1.82) is 0 Å². The maximum absolute atomic E-state index is 11.4. The van der Waals surface area contributed by atoms with Gasteiger partial charge in [-0.2, -0.15) is 0 Å². The third kappa shape index (κ3) is 3.96. The Morgan fingerprint density at radius 3 is 2.52 bits per heavy atom. The second kappa shape index (κ2) is 6.15. The van der Waals surface area contributed by atoms with E-state index in [1.54, 1.807) is 19.2 Å². The van der Waals surface area contributed by atoms with E-state index in [1.807, 2.05) is 31.2 Å². The minimum absolute atomic E-state index is 0.00386. The zero-order chi connectivity index (χ0) is 15.5. The first-order valence-electron chi connectivity index (χ1n) is 6.43. The van der Waals surface area contributed by atoms with Gasteiger partial charge in [0.05, 0.1) is 12.0 Å². The van der Waals surface area contributed by atoms with Gasteiger partial charge in [-0.1, -0.05) is 18.2 Å². The molecule has 112 valence electrons. The van der Waals surface area contributed by atoms with Crippen molar-refractivity contribution in [3.05, 3.63) is 54.1 Å². The predicted octanol–water partition coefficient (Wildman–Crippen LogP) is 2.52. The number of methoxy groups -OCH3 is 1. The van der Waals surface area contributed by atoms with Crippen LogP contribution in [0, 0.1) is 0 Å². The van der Waals surface area contributed by atoms with Crippen molar-refractivity contribution in [2.24, 2.45) is 5.14 Å². The van der Waals surface area contributed by atoms with Crippen LogP contribution in [0.2, 0.25) is 0 Å². The van der Waals surface area contributed by atoms with Crippen LogP contribution in [0.1, 0.15) is 18.5 Å². The molecule has 2 aromatic rings. The minimum Gasteiger partial charge on any atom is -0.497 e. The fraction of sp³-hybridized carbons (Fsp3) is 0.200. The van der Waals surface area contributed by atoms with Gasteiger partial charge < -0.3 is 10.1 Å². The highest BCUT2D eigenvalue weighted by molar-refractivity contribution is 7.89. The number of ether oxygens (including phenoxy) is 1. The van der Waals surface area contributed by atoms with Gasteiger partial charge in [0.2, 0.25) is 10.0 Å². The largest absolute Gasteiger partial charge is 0.497 e. The van der Waals surface area contributed by atoms with Gasteiger partial charge in [0.15, 0.2) is 0 Å². The van der Waals surface area contributed by atoms with E-state index in [-0.39, 0.29) is 10.9 Å². The summed E-state index contributed by atoms with van der Waals surface area (Å²) in [6.07, 6.45) is 0. The number of hydrogen-bond donors (Lipinski definition) is 2. The molecular formula is C15H18N2O3S. The lowest BCUT2D eigenvalue weighted by Gasteiger charge is -2.17. The van der Waals surface area contributed by atoms with Crippen LogP contribution in [0.5, 0.6) is 5.75 Å². The number of nitrogens with two attached hydrogens (primary N) is 1. The number of anilines is 1. The number of nitrogens with one attached hydrogen (secondary N) is 1. The van der Waals surface area contributed by atoms with Crippen LogP contribution in [-0.4, -0.2) is 15.5 Å². The van der Waals surface area contributed by atoms with Gasteiger partial charge in [0.25, 0.3) is 0 Å².